The Morgan fingerprint density at radius 3 is 2.86 bits per heavy atom. The fourth-order valence-corrected chi connectivity index (χ4v) is 1.97. The highest BCUT2D eigenvalue weighted by atomic mass is 16.3. The van der Waals surface area contributed by atoms with Crippen LogP contribution in [0.15, 0.2) is 22.6 Å². The Morgan fingerprint density at radius 1 is 1.45 bits per heavy atom. The number of nitrogens with two attached hydrogens (primary N) is 1. The van der Waals surface area contributed by atoms with Gasteiger partial charge in [0.15, 0.2) is 5.58 Å². The average molecular weight is 305 g/mol. The van der Waals surface area contributed by atoms with E-state index in [4.69, 9.17) is 10.2 Å². The quantitative estimate of drug-likeness (QED) is 0.564. The van der Waals surface area contributed by atoms with Crippen LogP contribution in [0.5, 0.6) is 0 Å². The highest BCUT2D eigenvalue weighted by molar-refractivity contribution is 5.88. The van der Waals surface area contributed by atoms with Gasteiger partial charge < -0.3 is 15.5 Å². The van der Waals surface area contributed by atoms with Crippen molar-refractivity contribution in [2.45, 2.75) is 12.5 Å². The van der Waals surface area contributed by atoms with Crippen LogP contribution < -0.4 is 21.7 Å². The summed E-state index contributed by atoms with van der Waals surface area (Å²) in [6.07, 6.45) is 0.360. The molecule has 2 rings (SSSR count). The molecule has 116 valence electrons. The van der Waals surface area contributed by atoms with Crippen LogP contribution in [0.3, 0.4) is 0 Å². The minimum Gasteiger partial charge on any atom is -0.458 e. The molecule has 0 saturated carbocycles. The van der Waals surface area contributed by atoms with Gasteiger partial charge in [-0.2, -0.15) is 0 Å². The first-order valence-electron chi connectivity index (χ1n) is 6.40. The molecule has 0 aliphatic carbocycles. The number of pyridine rings is 1. The molecule has 0 fully saturated rings. The molecule has 2 aromatic rings. The van der Waals surface area contributed by atoms with Gasteiger partial charge in [0.25, 0.3) is 0 Å². The lowest BCUT2D eigenvalue weighted by atomic mass is 10.1. The lowest BCUT2D eigenvalue weighted by Gasteiger charge is -2.11. The highest BCUT2D eigenvalue weighted by Crippen LogP contribution is 2.25. The standard InChI is InChI=1S/C13H15N5O4/c1-15-7(5-12(20)16-6-19)10-4-8-9(22-10)2-3-11(17-8)18-13(14)21/h2-4,6-7,15H,5H2,1H3,(H,16,19,20)(H3,14,17,18,21). The van der Waals surface area contributed by atoms with E-state index in [1.54, 1.807) is 25.2 Å². The molecular weight excluding hydrogens is 290 g/mol. The summed E-state index contributed by atoms with van der Waals surface area (Å²) in [7, 11) is 1.67. The molecule has 0 saturated heterocycles. The predicted octanol–water partition coefficient (Wildman–Crippen LogP) is 0.242. The Hall–Kier alpha value is -2.94. The van der Waals surface area contributed by atoms with Gasteiger partial charge in [-0.25, -0.2) is 9.78 Å². The smallest absolute Gasteiger partial charge is 0.317 e. The van der Waals surface area contributed by atoms with Gasteiger partial charge in [0, 0.05) is 12.5 Å². The minimum atomic E-state index is -0.714. The van der Waals surface area contributed by atoms with Crippen molar-refractivity contribution in [3.63, 3.8) is 0 Å². The number of furan rings is 1. The van der Waals surface area contributed by atoms with Gasteiger partial charge in [0.05, 0.1) is 6.04 Å². The fourth-order valence-electron chi connectivity index (χ4n) is 1.97. The number of imide groups is 1. The lowest BCUT2D eigenvalue weighted by Crippen LogP contribution is -2.27. The number of hydrogen-bond donors (Lipinski definition) is 4. The molecule has 9 nitrogen and oxygen atoms in total. The number of urea groups is 1. The van der Waals surface area contributed by atoms with Crippen LogP contribution >= 0.6 is 0 Å². The van der Waals surface area contributed by atoms with Crippen molar-refractivity contribution in [1.29, 1.82) is 0 Å². The first-order valence-corrected chi connectivity index (χ1v) is 6.40. The number of rotatable bonds is 6. The van der Waals surface area contributed by atoms with Gasteiger partial charge in [-0.15, -0.1) is 0 Å². The maximum absolute atomic E-state index is 11.5. The van der Waals surface area contributed by atoms with Crippen molar-refractivity contribution >= 4 is 35.3 Å². The molecule has 5 N–H and O–H groups in total. The van der Waals surface area contributed by atoms with E-state index < -0.39 is 18.0 Å². The van der Waals surface area contributed by atoms with Crippen LogP contribution in [0.4, 0.5) is 10.6 Å². The molecule has 0 spiro atoms. The SMILES string of the molecule is CNC(CC(=O)NC=O)c1cc2nc(NC(N)=O)ccc2o1. The second kappa shape index (κ2) is 6.68. The fraction of sp³-hybridized carbons (Fsp3) is 0.231. The van der Waals surface area contributed by atoms with E-state index >= 15 is 0 Å². The Bertz CT molecular complexity index is 712. The van der Waals surface area contributed by atoms with Gasteiger partial charge >= 0.3 is 6.03 Å². The van der Waals surface area contributed by atoms with Gasteiger partial charge in [0.2, 0.25) is 12.3 Å². The third-order valence-electron chi connectivity index (χ3n) is 2.95. The Labute approximate surface area is 125 Å². The van der Waals surface area contributed by atoms with E-state index in [0.717, 1.165) is 0 Å². The van der Waals surface area contributed by atoms with Crippen LogP contribution in [0.25, 0.3) is 11.1 Å². The molecule has 0 aromatic carbocycles. The Balaban J connectivity index is 2.24. The maximum atomic E-state index is 11.5. The molecule has 0 aliphatic rings. The van der Waals surface area contributed by atoms with Gasteiger partial charge in [0.1, 0.15) is 17.1 Å². The van der Waals surface area contributed by atoms with Crippen molar-refractivity contribution in [2.75, 3.05) is 12.4 Å². The zero-order valence-corrected chi connectivity index (χ0v) is 11.8. The number of carbonyl (C=O) groups excluding carboxylic acids is 3. The van der Waals surface area contributed by atoms with E-state index in [2.05, 4.69) is 20.9 Å². The molecular formula is C13H15N5O4. The number of nitrogens with zero attached hydrogens (tertiary/aromatic N) is 1. The Kier molecular flexibility index (Phi) is 4.69. The molecule has 2 heterocycles. The third-order valence-corrected chi connectivity index (χ3v) is 2.95. The molecule has 1 atom stereocenters. The molecule has 2 aromatic heterocycles. The maximum Gasteiger partial charge on any atom is 0.317 e. The summed E-state index contributed by atoms with van der Waals surface area (Å²) >= 11 is 0. The Morgan fingerprint density at radius 2 is 2.23 bits per heavy atom. The van der Waals surface area contributed by atoms with Gasteiger partial charge in [-0.3, -0.25) is 20.2 Å². The summed E-state index contributed by atoms with van der Waals surface area (Å²) in [5, 5.41) is 7.36. The summed E-state index contributed by atoms with van der Waals surface area (Å²) in [4.78, 5) is 36.7. The molecule has 9 heteroatoms. The number of hydrogen-bond acceptors (Lipinski definition) is 6. The normalized spacial score (nSPS) is 11.9. The van der Waals surface area contributed by atoms with Gasteiger partial charge in [-0.05, 0) is 19.2 Å². The molecule has 0 bridgehead atoms. The van der Waals surface area contributed by atoms with Crippen LogP contribution in [-0.2, 0) is 9.59 Å². The highest BCUT2D eigenvalue weighted by Gasteiger charge is 2.19. The largest absolute Gasteiger partial charge is 0.458 e. The molecule has 22 heavy (non-hydrogen) atoms. The topological polar surface area (TPSA) is 139 Å². The van der Waals surface area contributed by atoms with Crippen LogP contribution in [-0.4, -0.2) is 30.4 Å². The number of fused-ring (bicyclic) bond motifs is 1. The van der Waals surface area contributed by atoms with E-state index in [-0.39, 0.29) is 6.42 Å². The first kappa shape index (κ1) is 15.4. The zero-order valence-electron chi connectivity index (χ0n) is 11.8. The summed E-state index contributed by atoms with van der Waals surface area (Å²) < 4.78 is 5.62. The molecule has 0 aliphatic heterocycles. The van der Waals surface area contributed by atoms with E-state index in [0.29, 0.717) is 29.1 Å². The van der Waals surface area contributed by atoms with Crippen LogP contribution in [0.2, 0.25) is 0 Å². The van der Waals surface area contributed by atoms with E-state index in [9.17, 15) is 14.4 Å². The van der Waals surface area contributed by atoms with Crippen LogP contribution in [0, 0.1) is 0 Å². The second-order valence-electron chi connectivity index (χ2n) is 4.45. The molecule has 4 amide bonds. The number of amides is 4. The van der Waals surface area contributed by atoms with E-state index in [1.807, 2.05) is 0 Å². The summed E-state index contributed by atoms with van der Waals surface area (Å²) in [6.45, 7) is 0. The van der Waals surface area contributed by atoms with Gasteiger partial charge in [-0.1, -0.05) is 0 Å². The molecule has 1 unspecified atom stereocenters. The third kappa shape index (κ3) is 3.58. The van der Waals surface area contributed by atoms with Crippen molar-refractivity contribution in [2.24, 2.45) is 5.73 Å². The number of nitrogens with one attached hydrogen (secondary N) is 3. The summed E-state index contributed by atoms with van der Waals surface area (Å²) in [5.41, 5.74) is 6.04. The number of primary amides is 1. The van der Waals surface area contributed by atoms with Crippen molar-refractivity contribution in [1.82, 2.24) is 15.6 Å². The van der Waals surface area contributed by atoms with Crippen molar-refractivity contribution in [3.8, 4) is 0 Å². The molecule has 0 radical (unpaired) electrons. The zero-order chi connectivity index (χ0) is 16.1. The summed E-state index contributed by atoms with van der Waals surface area (Å²) in [6, 6.07) is 3.70. The van der Waals surface area contributed by atoms with E-state index in [1.165, 1.54) is 0 Å². The number of anilines is 1. The van der Waals surface area contributed by atoms with Crippen LogP contribution in [0.1, 0.15) is 18.2 Å². The minimum absolute atomic E-state index is 0.0292. The summed E-state index contributed by atoms with van der Waals surface area (Å²) in [5.74, 6) is 0.355. The lowest BCUT2D eigenvalue weighted by molar-refractivity contribution is -0.125. The monoisotopic (exact) mass is 305 g/mol. The number of carbonyl (C=O) groups is 3. The number of aromatic nitrogens is 1. The average Bonchev–Trinajstić information content (AvgIpc) is 2.87. The first-order chi connectivity index (χ1) is 10.5. The van der Waals surface area contributed by atoms with Crippen molar-refractivity contribution in [3.05, 3.63) is 24.0 Å². The predicted molar refractivity (Wildman–Crippen MR) is 77.8 cm³/mol. The second-order valence-corrected chi connectivity index (χ2v) is 4.45. The van der Waals surface area contributed by atoms with Crippen molar-refractivity contribution < 1.29 is 18.8 Å².